The molecule has 0 atom stereocenters. The molecule has 0 saturated heterocycles. The van der Waals surface area contributed by atoms with Crippen molar-refractivity contribution in [2.24, 2.45) is 0 Å². The van der Waals surface area contributed by atoms with Crippen molar-refractivity contribution in [3.8, 4) is 11.5 Å². The summed E-state index contributed by atoms with van der Waals surface area (Å²) in [7, 11) is -2.02. The zero-order valence-electron chi connectivity index (χ0n) is 16.5. The van der Waals surface area contributed by atoms with Gasteiger partial charge < -0.3 is 34.2 Å². The first kappa shape index (κ1) is 22.3. The highest BCUT2D eigenvalue weighted by Gasteiger charge is 2.44. The van der Waals surface area contributed by atoms with Crippen molar-refractivity contribution >= 4 is 17.9 Å². The molecule has 152 valence electrons. The molecule has 0 aliphatic carbocycles. The number of benzene rings is 4. The van der Waals surface area contributed by atoms with Gasteiger partial charge in [0.1, 0.15) is 11.5 Å². The highest BCUT2D eigenvalue weighted by atomic mass is 127. The molecule has 0 saturated carbocycles. The Kier molecular flexibility index (Phi) is 7.52. The molecule has 0 aliphatic heterocycles. The van der Waals surface area contributed by atoms with Gasteiger partial charge in [-0.05, 0) is 36.4 Å². The van der Waals surface area contributed by atoms with Crippen LogP contribution in [0.1, 0.15) is 11.1 Å². The number of rotatable bonds is 6. The maximum Gasteiger partial charge on any atom is 0.122 e. The maximum atomic E-state index is 10.6. The van der Waals surface area contributed by atoms with Crippen LogP contribution in [0, 0.1) is 0 Å². The van der Waals surface area contributed by atoms with Gasteiger partial charge in [-0.15, -0.1) is 0 Å². The molecule has 0 amide bonds. The van der Waals surface area contributed by atoms with E-state index < -0.39 is 7.26 Å². The van der Waals surface area contributed by atoms with Crippen molar-refractivity contribution in [1.82, 2.24) is 0 Å². The zero-order valence-corrected chi connectivity index (χ0v) is 19.6. The van der Waals surface area contributed by atoms with Gasteiger partial charge in [0.15, 0.2) is 0 Å². The summed E-state index contributed by atoms with van der Waals surface area (Å²) in [5.41, 5.74) is 1.87. The Bertz CT molecular complexity index is 995. The summed E-state index contributed by atoms with van der Waals surface area (Å²) in [6, 6.07) is 36.2. The molecule has 4 heteroatoms. The summed E-state index contributed by atoms with van der Waals surface area (Å²) in [6.07, 6.45) is 1.45. The number of hydrogen-bond donors (Lipinski definition) is 2. The van der Waals surface area contributed by atoms with Gasteiger partial charge in [0.25, 0.3) is 0 Å². The van der Waals surface area contributed by atoms with Gasteiger partial charge in [-0.2, -0.15) is 0 Å². The van der Waals surface area contributed by atoms with Gasteiger partial charge in [-0.3, -0.25) is 0 Å². The number of halogens is 1. The second-order valence-corrected chi connectivity index (χ2v) is 10.8. The summed E-state index contributed by atoms with van der Waals surface area (Å²) < 4.78 is 0. The van der Waals surface area contributed by atoms with Gasteiger partial charge in [-0.25, -0.2) is 0 Å². The van der Waals surface area contributed by atoms with Crippen molar-refractivity contribution in [2.45, 2.75) is 12.3 Å². The third-order valence-corrected chi connectivity index (χ3v) is 9.70. The van der Waals surface area contributed by atoms with Gasteiger partial charge in [-0.1, -0.05) is 72.8 Å². The maximum absolute atomic E-state index is 10.6. The SMILES string of the molecule is Oc1ccccc1C[P+](Cc1ccccc1O)(c1ccccc1)c1ccccc1.[I-]. The Morgan fingerprint density at radius 1 is 0.467 bits per heavy atom. The van der Waals surface area contributed by atoms with Crippen molar-refractivity contribution in [2.75, 3.05) is 0 Å². The fourth-order valence-corrected chi connectivity index (χ4v) is 8.19. The van der Waals surface area contributed by atoms with Gasteiger partial charge in [0, 0.05) is 11.1 Å². The second-order valence-electron chi connectivity index (χ2n) is 7.21. The lowest BCUT2D eigenvalue weighted by Crippen LogP contribution is -3.00. The Morgan fingerprint density at radius 2 is 0.800 bits per heavy atom. The van der Waals surface area contributed by atoms with Crippen LogP contribution in [-0.4, -0.2) is 10.2 Å². The molecule has 4 rings (SSSR count). The Morgan fingerprint density at radius 3 is 1.17 bits per heavy atom. The van der Waals surface area contributed by atoms with E-state index in [0.717, 1.165) is 23.5 Å². The molecule has 30 heavy (non-hydrogen) atoms. The van der Waals surface area contributed by atoms with Crippen molar-refractivity contribution in [3.05, 3.63) is 120 Å². The summed E-state index contributed by atoms with van der Waals surface area (Å²) in [6.45, 7) is 0. The smallest absolute Gasteiger partial charge is 0.122 e. The molecule has 4 aromatic rings. The monoisotopic (exact) mass is 526 g/mol. The average molecular weight is 526 g/mol. The van der Waals surface area contributed by atoms with Crippen LogP contribution < -0.4 is 34.6 Å². The lowest BCUT2D eigenvalue weighted by molar-refractivity contribution is -0.00000768. The summed E-state index contributed by atoms with van der Waals surface area (Å²) in [5.74, 6) is 0.641. The minimum atomic E-state index is -2.02. The van der Waals surface area contributed by atoms with E-state index in [0.29, 0.717) is 11.5 Å². The summed E-state index contributed by atoms with van der Waals surface area (Å²) in [4.78, 5) is 0. The van der Waals surface area contributed by atoms with Gasteiger partial charge >= 0.3 is 0 Å². The minimum absolute atomic E-state index is 0. The molecular weight excluding hydrogens is 502 g/mol. The highest BCUT2D eigenvalue weighted by Crippen LogP contribution is 2.63. The Hall–Kier alpha value is -2.36. The predicted octanol–water partition coefficient (Wildman–Crippen LogP) is 2.47. The van der Waals surface area contributed by atoms with Crippen LogP contribution in [0.15, 0.2) is 109 Å². The van der Waals surface area contributed by atoms with E-state index in [-0.39, 0.29) is 24.0 Å². The molecule has 2 N–H and O–H groups in total. The molecule has 0 fully saturated rings. The zero-order chi connectivity index (χ0) is 20.1. The third kappa shape index (κ3) is 4.69. The van der Waals surface area contributed by atoms with Crippen LogP contribution in [-0.2, 0) is 12.3 Å². The molecular formula is C26H24IO2P. The van der Waals surface area contributed by atoms with Crippen LogP contribution in [0.25, 0.3) is 0 Å². The van der Waals surface area contributed by atoms with Crippen molar-refractivity contribution < 1.29 is 34.2 Å². The van der Waals surface area contributed by atoms with Crippen LogP contribution in [0.2, 0.25) is 0 Å². The van der Waals surface area contributed by atoms with Gasteiger partial charge in [0.05, 0.1) is 30.2 Å². The third-order valence-electron chi connectivity index (χ3n) is 5.36. The van der Waals surface area contributed by atoms with Crippen LogP contribution in [0.3, 0.4) is 0 Å². The minimum Gasteiger partial charge on any atom is -1.00 e. The lowest BCUT2D eigenvalue weighted by Gasteiger charge is -2.28. The van der Waals surface area contributed by atoms with E-state index in [1.54, 1.807) is 12.1 Å². The molecule has 0 unspecified atom stereocenters. The summed E-state index contributed by atoms with van der Waals surface area (Å²) >= 11 is 0. The first-order valence-electron chi connectivity index (χ1n) is 9.71. The normalized spacial score (nSPS) is 10.9. The van der Waals surface area contributed by atoms with E-state index >= 15 is 0 Å². The van der Waals surface area contributed by atoms with Gasteiger partial charge in [0.2, 0.25) is 0 Å². The molecule has 0 radical (unpaired) electrons. The molecule has 0 aliphatic rings. The fraction of sp³-hybridized carbons (Fsp3) is 0.0769. The van der Waals surface area contributed by atoms with Crippen LogP contribution in [0.5, 0.6) is 11.5 Å². The molecule has 4 aromatic carbocycles. The number of hydrogen-bond acceptors (Lipinski definition) is 2. The topological polar surface area (TPSA) is 40.5 Å². The van der Waals surface area contributed by atoms with Crippen LogP contribution in [0.4, 0.5) is 0 Å². The first-order valence-corrected chi connectivity index (χ1v) is 11.9. The van der Waals surface area contributed by atoms with Crippen molar-refractivity contribution in [1.29, 1.82) is 0 Å². The second kappa shape index (κ2) is 10.1. The first-order chi connectivity index (χ1) is 14.2. The number of aromatic hydroxyl groups is 2. The lowest BCUT2D eigenvalue weighted by atomic mass is 10.2. The predicted molar refractivity (Wildman–Crippen MR) is 123 cm³/mol. The van der Waals surface area contributed by atoms with E-state index in [1.807, 2.05) is 48.5 Å². The average Bonchev–Trinajstić information content (AvgIpc) is 2.77. The standard InChI is InChI=1S/C26H23O2P.HI/c27-25-17-9-7-11-21(25)19-29(23-13-3-1-4-14-23,24-15-5-2-6-16-24)20-22-12-8-10-18-26(22)28;/h1-18H,19-20H2,(H-,27,28);1H. The van der Waals surface area contributed by atoms with E-state index in [4.69, 9.17) is 0 Å². The highest BCUT2D eigenvalue weighted by molar-refractivity contribution is 7.88. The number of phenols is 2. The van der Waals surface area contributed by atoms with E-state index in [1.165, 1.54) is 10.6 Å². The Balaban J connectivity index is 0.00000256. The van der Waals surface area contributed by atoms with E-state index in [2.05, 4.69) is 48.5 Å². The molecule has 0 aromatic heterocycles. The largest absolute Gasteiger partial charge is 1.00 e. The number of para-hydroxylation sites is 2. The van der Waals surface area contributed by atoms with Crippen molar-refractivity contribution in [3.63, 3.8) is 0 Å². The molecule has 2 nitrogen and oxygen atoms in total. The Labute approximate surface area is 195 Å². The molecule has 0 spiro atoms. The summed E-state index contributed by atoms with van der Waals surface area (Å²) in [5, 5.41) is 23.6. The number of phenolic OH excluding ortho intramolecular Hbond substituents is 2. The fourth-order valence-electron chi connectivity index (χ4n) is 3.87. The molecule has 0 bridgehead atoms. The van der Waals surface area contributed by atoms with E-state index in [9.17, 15) is 10.2 Å². The molecule has 0 heterocycles. The quantitative estimate of drug-likeness (QED) is 0.300. The van der Waals surface area contributed by atoms with Crippen LogP contribution >= 0.6 is 7.26 Å².